The Morgan fingerprint density at radius 1 is 1.48 bits per heavy atom. The number of hydrogen-bond acceptors (Lipinski definition) is 6. The highest BCUT2D eigenvalue weighted by atomic mass is 32.1. The molecule has 0 unspecified atom stereocenters. The van der Waals surface area contributed by atoms with E-state index in [0.29, 0.717) is 24.6 Å². The van der Waals surface area contributed by atoms with Gasteiger partial charge >= 0.3 is 0 Å². The molecule has 140 valence electrons. The summed E-state index contributed by atoms with van der Waals surface area (Å²) in [6, 6.07) is 5.88. The van der Waals surface area contributed by atoms with Gasteiger partial charge < -0.3 is 19.9 Å². The third-order valence-electron chi connectivity index (χ3n) is 4.80. The quantitative estimate of drug-likeness (QED) is 0.676. The lowest BCUT2D eigenvalue weighted by molar-refractivity contribution is -0.128. The monoisotopic (exact) mass is 385 g/mol. The minimum absolute atomic E-state index is 0.00448. The van der Waals surface area contributed by atoms with Crippen LogP contribution in [0.1, 0.15) is 12.0 Å². The molecule has 1 aliphatic heterocycles. The molecule has 0 saturated carbocycles. The van der Waals surface area contributed by atoms with Crippen LogP contribution in [0.15, 0.2) is 29.9 Å². The number of carbonyl (C=O) groups excluding carboxylic acids is 2. The average Bonchev–Trinajstić information content (AvgIpc) is 3.40. The van der Waals surface area contributed by atoms with Crippen LogP contribution in [0.25, 0.3) is 10.9 Å². The van der Waals surface area contributed by atoms with Gasteiger partial charge in [-0.1, -0.05) is 11.3 Å². The van der Waals surface area contributed by atoms with Crippen molar-refractivity contribution in [1.82, 2.24) is 20.1 Å². The maximum Gasteiger partial charge on any atom is 0.231 e. The lowest BCUT2D eigenvalue weighted by Gasteiger charge is -2.16. The predicted molar refractivity (Wildman–Crippen MR) is 102 cm³/mol. The molecule has 9 heteroatoms. The van der Waals surface area contributed by atoms with Crippen molar-refractivity contribution in [2.75, 3.05) is 25.5 Å². The molecule has 2 amide bonds. The number of methoxy groups -OCH3 is 1. The van der Waals surface area contributed by atoms with Gasteiger partial charge in [0, 0.05) is 36.6 Å². The molecule has 4 rings (SSSR count). The number of ether oxygens (including phenoxy) is 1. The van der Waals surface area contributed by atoms with Crippen molar-refractivity contribution in [2.24, 2.45) is 5.92 Å². The smallest absolute Gasteiger partial charge is 0.231 e. The average molecular weight is 385 g/mol. The maximum absolute atomic E-state index is 12.3. The zero-order valence-electron chi connectivity index (χ0n) is 14.8. The molecule has 2 aromatic heterocycles. The Labute approximate surface area is 159 Å². The fourth-order valence-corrected chi connectivity index (χ4v) is 3.79. The van der Waals surface area contributed by atoms with Crippen molar-refractivity contribution >= 4 is 39.2 Å². The summed E-state index contributed by atoms with van der Waals surface area (Å²) < 4.78 is 5.29. The molecule has 1 atom stereocenters. The van der Waals surface area contributed by atoms with Gasteiger partial charge in [-0.2, -0.15) is 0 Å². The zero-order valence-corrected chi connectivity index (χ0v) is 15.6. The first-order chi connectivity index (χ1) is 13.1. The summed E-state index contributed by atoms with van der Waals surface area (Å²) in [5.41, 5.74) is 3.71. The zero-order chi connectivity index (χ0) is 18.8. The highest BCUT2D eigenvalue weighted by Crippen LogP contribution is 2.25. The van der Waals surface area contributed by atoms with Crippen LogP contribution in [0.2, 0.25) is 0 Å². The van der Waals surface area contributed by atoms with Crippen molar-refractivity contribution in [3.05, 3.63) is 35.5 Å². The van der Waals surface area contributed by atoms with Crippen LogP contribution in [0.3, 0.4) is 0 Å². The van der Waals surface area contributed by atoms with Crippen molar-refractivity contribution in [3.8, 4) is 5.75 Å². The Morgan fingerprint density at radius 2 is 2.37 bits per heavy atom. The number of anilines is 1. The van der Waals surface area contributed by atoms with E-state index < -0.39 is 0 Å². The molecule has 0 bridgehead atoms. The highest BCUT2D eigenvalue weighted by Gasteiger charge is 2.34. The number of aromatic nitrogens is 3. The SMILES string of the molecule is COc1ccc2[nH]cc(CCN3C[C@@H](C(=O)Nc4nncs4)CC3=O)c2c1. The second-order valence-electron chi connectivity index (χ2n) is 6.45. The lowest BCUT2D eigenvalue weighted by atomic mass is 10.1. The van der Waals surface area contributed by atoms with Gasteiger partial charge in [-0.25, -0.2) is 0 Å². The summed E-state index contributed by atoms with van der Waals surface area (Å²) in [6.07, 6.45) is 2.90. The molecule has 8 nitrogen and oxygen atoms in total. The van der Waals surface area contributed by atoms with E-state index in [1.54, 1.807) is 17.5 Å². The van der Waals surface area contributed by atoms with Gasteiger partial charge in [0.05, 0.1) is 13.0 Å². The van der Waals surface area contributed by atoms with Gasteiger partial charge in [-0.05, 0) is 30.2 Å². The van der Waals surface area contributed by atoms with E-state index in [0.717, 1.165) is 22.2 Å². The molecule has 0 spiro atoms. The van der Waals surface area contributed by atoms with E-state index >= 15 is 0 Å². The van der Waals surface area contributed by atoms with E-state index in [9.17, 15) is 9.59 Å². The van der Waals surface area contributed by atoms with Gasteiger partial charge in [-0.15, -0.1) is 10.2 Å². The number of aromatic amines is 1. The molecule has 1 aromatic carbocycles. The van der Waals surface area contributed by atoms with Crippen LogP contribution in [-0.2, 0) is 16.0 Å². The van der Waals surface area contributed by atoms with Gasteiger partial charge in [-0.3, -0.25) is 9.59 Å². The molecule has 1 aliphatic rings. The minimum atomic E-state index is -0.357. The number of amides is 2. The molecule has 2 N–H and O–H groups in total. The van der Waals surface area contributed by atoms with Crippen molar-refractivity contribution < 1.29 is 14.3 Å². The topological polar surface area (TPSA) is 100 Å². The molecular weight excluding hydrogens is 366 g/mol. The Bertz CT molecular complexity index is 969. The lowest BCUT2D eigenvalue weighted by Crippen LogP contribution is -2.30. The first kappa shape index (κ1) is 17.5. The minimum Gasteiger partial charge on any atom is -0.497 e. The van der Waals surface area contributed by atoms with Crippen LogP contribution < -0.4 is 10.1 Å². The largest absolute Gasteiger partial charge is 0.497 e. The molecule has 1 saturated heterocycles. The van der Waals surface area contributed by atoms with E-state index in [-0.39, 0.29) is 24.2 Å². The van der Waals surface area contributed by atoms with Crippen LogP contribution in [-0.4, -0.2) is 52.1 Å². The van der Waals surface area contributed by atoms with E-state index in [1.807, 2.05) is 24.4 Å². The van der Waals surface area contributed by atoms with Crippen molar-refractivity contribution in [3.63, 3.8) is 0 Å². The maximum atomic E-state index is 12.3. The summed E-state index contributed by atoms with van der Waals surface area (Å²) in [4.78, 5) is 29.6. The summed E-state index contributed by atoms with van der Waals surface area (Å²) in [5.74, 6) is 0.266. The van der Waals surface area contributed by atoms with Crippen LogP contribution in [0.4, 0.5) is 5.13 Å². The number of carbonyl (C=O) groups is 2. The normalized spacial score (nSPS) is 16.9. The second kappa shape index (κ2) is 7.36. The molecule has 3 heterocycles. The van der Waals surface area contributed by atoms with Crippen LogP contribution in [0, 0.1) is 5.92 Å². The molecule has 1 fully saturated rings. The fraction of sp³-hybridized carbons (Fsp3) is 0.333. The summed E-state index contributed by atoms with van der Waals surface area (Å²) in [7, 11) is 1.64. The molecule has 3 aromatic rings. The number of nitrogens with zero attached hydrogens (tertiary/aromatic N) is 3. The number of likely N-dealkylation sites (tertiary alicyclic amines) is 1. The van der Waals surface area contributed by atoms with E-state index in [1.165, 1.54) is 11.3 Å². The summed E-state index contributed by atoms with van der Waals surface area (Å²) in [6.45, 7) is 1.00. The number of nitrogens with one attached hydrogen (secondary N) is 2. The van der Waals surface area contributed by atoms with Crippen LogP contribution in [0.5, 0.6) is 5.75 Å². The predicted octanol–water partition coefficient (Wildman–Crippen LogP) is 2.06. The summed E-state index contributed by atoms with van der Waals surface area (Å²) in [5, 5.41) is 11.8. The molecule has 0 radical (unpaired) electrons. The first-order valence-corrected chi connectivity index (χ1v) is 9.51. The van der Waals surface area contributed by atoms with Crippen molar-refractivity contribution in [1.29, 1.82) is 0 Å². The van der Waals surface area contributed by atoms with Crippen LogP contribution >= 0.6 is 11.3 Å². The van der Waals surface area contributed by atoms with Gasteiger partial charge in [0.1, 0.15) is 11.3 Å². The third-order valence-corrected chi connectivity index (χ3v) is 5.41. The molecule has 27 heavy (non-hydrogen) atoms. The fourth-order valence-electron chi connectivity index (χ4n) is 3.35. The summed E-state index contributed by atoms with van der Waals surface area (Å²) >= 11 is 1.26. The van der Waals surface area contributed by atoms with Gasteiger partial charge in [0.2, 0.25) is 16.9 Å². The Kier molecular flexibility index (Phi) is 4.76. The van der Waals surface area contributed by atoms with Gasteiger partial charge in [0.25, 0.3) is 0 Å². The number of H-pyrrole nitrogens is 1. The highest BCUT2D eigenvalue weighted by molar-refractivity contribution is 7.13. The second-order valence-corrected chi connectivity index (χ2v) is 7.28. The van der Waals surface area contributed by atoms with E-state index in [4.69, 9.17) is 4.74 Å². The number of rotatable bonds is 6. The molecular formula is C18H19N5O3S. The number of benzene rings is 1. The number of hydrogen-bond donors (Lipinski definition) is 2. The Morgan fingerprint density at radius 3 is 3.15 bits per heavy atom. The Hall–Kier alpha value is -2.94. The van der Waals surface area contributed by atoms with E-state index in [2.05, 4.69) is 20.5 Å². The molecule has 0 aliphatic carbocycles. The third kappa shape index (κ3) is 3.63. The van der Waals surface area contributed by atoms with Gasteiger partial charge in [0.15, 0.2) is 0 Å². The Balaban J connectivity index is 1.39. The first-order valence-electron chi connectivity index (χ1n) is 8.63. The standard InChI is InChI=1S/C18H19N5O3S/c1-26-13-2-3-15-14(7-13)11(8-19-15)4-5-23-9-12(6-16(23)24)17(25)21-18-22-20-10-27-18/h2-3,7-8,10,12,19H,4-6,9H2,1H3,(H,21,22,25)/t12-/m0/s1. The van der Waals surface area contributed by atoms with Crippen molar-refractivity contribution in [2.45, 2.75) is 12.8 Å². The number of fused-ring (bicyclic) bond motifs is 1.